The maximum Gasteiger partial charge on any atom is 0.251 e. The summed E-state index contributed by atoms with van der Waals surface area (Å²) >= 11 is 0. The first-order valence-corrected chi connectivity index (χ1v) is 10.2. The standard InChI is InChI=1S/C23H28N4O2/c1-14-10-18(11-15(2)21(14)28)22-26-19-12-17(23(29)24-3)4-5-20(19)27(22)13-16-6-8-25-9-7-16/h4-5,10-12,16,25,28H,6-9,13H2,1-3H3,(H,24,29). The lowest BCUT2D eigenvalue weighted by Gasteiger charge is -2.24. The SMILES string of the molecule is CNC(=O)c1ccc2c(c1)nc(-c1cc(C)c(O)c(C)c1)n2CC1CCNCC1. The molecule has 1 saturated heterocycles. The second kappa shape index (κ2) is 7.87. The van der Waals surface area contributed by atoms with Crippen molar-refractivity contribution in [3.8, 4) is 17.1 Å². The number of phenolic OH excluding ortho intramolecular Hbond substituents is 1. The van der Waals surface area contributed by atoms with Crippen molar-refractivity contribution in [2.45, 2.75) is 33.2 Å². The van der Waals surface area contributed by atoms with Crippen molar-refractivity contribution in [1.29, 1.82) is 0 Å². The smallest absolute Gasteiger partial charge is 0.251 e. The molecule has 29 heavy (non-hydrogen) atoms. The summed E-state index contributed by atoms with van der Waals surface area (Å²) in [6.07, 6.45) is 2.28. The Morgan fingerprint density at radius 2 is 1.90 bits per heavy atom. The van der Waals surface area contributed by atoms with E-state index in [0.29, 0.717) is 17.2 Å². The predicted octanol–water partition coefficient (Wildman–Crippen LogP) is 3.38. The van der Waals surface area contributed by atoms with E-state index in [1.165, 1.54) is 0 Å². The van der Waals surface area contributed by atoms with Crippen LogP contribution in [0.1, 0.15) is 34.3 Å². The number of nitrogens with zero attached hydrogens (tertiary/aromatic N) is 2. The Kier molecular flexibility index (Phi) is 5.28. The van der Waals surface area contributed by atoms with Crippen LogP contribution in [0.3, 0.4) is 0 Å². The third-order valence-corrected chi connectivity index (χ3v) is 5.89. The van der Waals surface area contributed by atoms with Crippen LogP contribution < -0.4 is 10.6 Å². The number of aromatic hydroxyl groups is 1. The Balaban J connectivity index is 1.86. The summed E-state index contributed by atoms with van der Waals surface area (Å²) in [4.78, 5) is 17.0. The van der Waals surface area contributed by atoms with Gasteiger partial charge in [-0.1, -0.05) is 0 Å². The Morgan fingerprint density at radius 1 is 1.21 bits per heavy atom. The zero-order valence-corrected chi connectivity index (χ0v) is 17.2. The highest BCUT2D eigenvalue weighted by atomic mass is 16.3. The molecule has 0 spiro atoms. The fourth-order valence-corrected chi connectivity index (χ4v) is 4.23. The summed E-state index contributed by atoms with van der Waals surface area (Å²) in [6.45, 7) is 6.81. The number of rotatable bonds is 4. The number of benzene rings is 2. The van der Waals surface area contributed by atoms with Crippen LogP contribution in [-0.4, -0.2) is 40.7 Å². The van der Waals surface area contributed by atoms with Crippen LogP contribution in [0, 0.1) is 19.8 Å². The van der Waals surface area contributed by atoms with Crippen LogP contribution in [-0.2, 0) is 6.54 Å². The molecule has 1 amide bonds. The molecule has 0 saturated carbocycles. The molecule has 6 heteroatoms. The van der Waals surface area contributed by atoms with Gasteiger partial charge in [0.2, 0.25) is 0 Å². The number of nitrogens with one attached hydrogen (secondary N) is 2. The van der Waals surface area contributed by atoms with E-state index >= 15 is 0 Å². The van der Waals surface area contributed by atoms with E-state index < -0.39 is 0 Å². The zero-order chi connectivity index (χ0) is 20.5. The molecule has 3 N–H and O–H groups in total. The maximum atomic E-state index is 12.1. The van der Waals surface area contributed by atoms with Gasteiger partial charge in [0.05, 0.1) is 11.0 Å². The molecule has 1 aromatic heterocycles. The topological polar surface area (TPSA) is 79.2 Å². The summed E-state index contributed by atoms with van der Waals surface area (Å²) in [7, 11) is 1.63. The first-order valence-electron chi connectivity index (χ1n) is 10.2. The molecule has 0 unspecified atom stereocenters. The molecule has 0 bridgehead atoms. The number of carbonyl (C=O) groups excluding carboxylic acids is 1. The predicted molar refractivity (Wildman–Crippen MR) is 115 cm³/mol. The molecule has 1 aliphatic heterocycles. The summed E-state index contributed by atoms with van der Waals surface area (Å²) in [5, 5.41) is 16.3. The van der Waals surface area contributed by atoms with E-state index in [4.69, 9.17) is 4.98 Å². The number of phenols is 1. The second-order valence-corrected chi connectivity index (χ2v) is 7.98. The van der Waals surface area contributed by atoms with Crippen molar-refractivity contribution in [2.24, 2.45) is 5.92 Å². The number of imidazole rings is 1. The van der Waals surface area contributed by atoms with Crippen molar-refractivity contribution in [1.82, 2.24) is 20.2 Å². The van der Waals surface area contributed by atoms with Crippen LogP contribution in [0.15, 0.2) is 30.3 Å². The molecule has 2 aromatic carbocycles. The fourth-order valence-electron chi connectivity index (χ4n) is 4.23. The van der Waals surface area contributed by atoms with E-state index in [0.717, 1.165) is 66.0 Å². The van der Waals surface area contributed by atoms with Gasteiger partial charge >= 0.3 is 0 Å². The molecule has 152 valence electrons. The Bertz CT molecular complexity index is 1040. The molecule has 3 aromatic rings. The van der Waals surface area contributed by atoms with Gasteiger partial charge in [0.25, 0.3) is 5.91 Å². The summed E-state index contributed by atoms with van der Waals surface area (Å²) < 4.78 is 2.28. The minimum Gasteiger partial charge on any atom is -0.507 e. The van der Waals surface area contributed by atoms with Crippen LogP contribution in [0.2, 0.25) is 0 Å². The van der Waals surface area contributed by atoms with E-state index in [1.807, 2.05) is 44.2 Å². The van der Waals surface area contributed by atoms with E-state index in [1.54, 1.807) is 7.05 Å². The van der Waals surface area contributed by atoms with Gasteiger partial charge in [0.15, 0.2) is 0 Å². The Labute approximate surface area is 171 Å². The number of carbonyl (C=O) groups is 1. The van der Waals surface area contributed by atoms with Crippen molar-refractivity contribution in [3.63, 3.8) is 0 Å². The highest BCUT2D eigenvalue weighted by Crippen LogP contribution is 2.32. The van der Waals surface area contributed by atoms with Gasteiger partial charge < -0.3 is 20.3 Å². The minimum absolute atomic E-state index is 0.113. The molecular formula is C23H28N4O2. The van der Waals surface area contributed by atoms with E-state index in [-0.39, 0.29) is 5.91 Å². The molecule has 2 heterocycles. The van der Waals surface area contributed by atoms with Gasteiger partial charge in [-0.3, -0.25) is 4.79 Å². The lowest BCUT2D eigenvalue weighted by Crippen LogP contribution is -2.30. The number of hydrogen-bond acceptors (Lipinski definition) is 4. The normalized spacial score (nSPS) is 15.0. The average Bonchev–Trinajstić information content (AvgIpc) is 3.09. The van der Waals surface area contributed by atoms with Crippen molar-refractivity contribution in [3.05, 3.63) is 47.0 Å². The third-order valence-electron chi connectivity index (χ3n) is 5.89. The molecule has 4 rings (SSSR count). The lowest BCUT2D eigenvalue weighted by molar-refractivity contribution is 0.0963. The van der Waals surface area contributed by atoms with Gasteiger partial charge in [-0.15, -0.1) is 0 Å². The van der Waals surface area contributed by atoms with Gasteiger partial charge in [-0.05, 0) is 87.2 Å². The zero-order valence-electron chi connectivity index (χ0n) is 17.2. The Hall–Kier alpha value is -2.86. The molecule has 0 atom stereocenters. The largest absolute Gasteiger partial charge is 0.507 e. The first kappa shape index (κ1) is 19.5. The van der Waals surface area contributed by atoms with Gasteiger partial charge in [0, 0.05) is 24.7 Å². The summed E-state index contributed by atoms with van der Waals surface area (Å²) in [5.74, 6) is 1.69. The highest BCUT2D eigenvalue weighted by Gasteiger charge is 2.20. The van der Waals surface area contributed by atoms with Crippen molar-refractivity contribution >= 4 is 16.9 Å². The number of amides is 1. The number of hydrogen-bond donors (Lipinski definition) is 3. The molecule has 0 radical (unpaired) electrons. The fraction of sp³-hybridized carbons (Fsp3) is 0.391. The van der Waals surface area contributed by atoms with Gasteiger partial charge in [-0.25, -0.2) is 4.98 Å². The van der Waals surface area contributed by atoms with Gasteiger partial charge in [0.1, 0.15) is 11.6 Å². The Morgan fingerprint density at radius 3 is 2.55 bits per heavy atom. The lowest BCUT2D eigenvalue weighted by atomic mass is 9.97. The highest BCUT2D eigenvalue weighted by molar-refractivity contribution is 5.97. The molecule has 6 nitrogen and oxygen atoms in total. The summed E-state index contributed by atoms with van der Waals surface area (Å²) in [5.41, 5.74) is 5.13. The maximum absolute atomic E-state index is 12.1. The average molecular weight is 393 g/mol. The first-order chi connectivity index (χ1) is 14.0. The number of piperidine rings is 1. The third kappa shape index (κ3) is 3.72. The van der Waals surface area contributed by atoms with Gasteiger partial charge in [-0.2, -0.15) is 0 Å². The van der Waals surface area contributed by atoms with E-state index in [2.05, 4.69) is 15.2 Å². The number of aromatic nitrogens is 2. The van der Waals surface area contributed by atoms with E-state index in [9.17, 15) is 9.90 Å². The van der Waals surface area contributed by atoms with Crippen LogP contribution >= 0.6 is 0 Å². The monoisotopic (exact) mass is 392 g/mol. The summed E-state index contributed by atoms with van der Waals surface area (Å²) in [6, 6.07) is 9.69. The van der Waals surface area contributed by atoms with Crippen LogP contribution in [0.5, 0.6) is 5.75 Å². The minimum atomic E-state index is -0.113. The van der Waals surface area contributed by atoms with Crippen molar-refractivity contribution < 1.29 is 9.90 Å². The molecule has 1 fully saturated rings. The molecule has 0 aliphatic carbocycles. The number of aryl methyl sites for hydroxylation is 2. The molecular weight excluding hydrogens is 364 g/mol. The second-order valence-electron chi connectivity index (χ2n) is 7.98. The molecule has 1 aliphatic rings. The van der Waals surface area contributed by atoms with Crippen molar-refractivity contribution in [2.75, 3.05) is 20.1 Å². The van der Waals surface area contributed by atoms with Crippen LogP contribution in [0.25, 0.3) is 22.4 Å². The number of fused-ring (bicyclic) bond motifs is 1. The van der Waals surface area contributed by atoms with Crippen LogP contribution in [0.4, 0.5) is 0 Å². The quantitative estimate of drug-likeness (QED) is 0.636.